The van der Waals surface area contributed by atoms with E-state index in [9.17, 15) is 4.79 Å². The lowest BCUT2D eigenvalue weighted by atomic mass is 10.2. The van der Waals surface area contributed by atoms with Crippen molar-refractivity contribution in [2.45, 2.75) is 13.5 Å². The van der Waals surface area contributed by atoms with Crippen molar-refractivity contribution in [1.82, 2.24) is 9.88 Å². The van der Waals surface area contributed by atoms with Crippen LogP contribution in [0.15, 0.2) is 30.5 Å². The summed E-state index contributed by atoms with van der Waals surface area (Å²) in [5.74, 6) is -0.162. The highest BCUT2D eigenvalue weighted by molar-refractivity contribution is 7.16. The minimum absolute atomic E-state index is 0.162. The zero-order valence-corrected chi connectivity index (χ0v) is 12.0. The first-order valence-corrected chi connectivity index (χ1v) is 7.05. The summed E-state index contributed by atoms with van der Waals surface area (Å²) in [4.78, 5) is 19.2. The summed E-state index contributed by atoms with van der Waals surface area (Å²) in [6.45, 7) is 3.03. The van der Waals surface area contributed by atoms with Crippen molar-refractivity contribution in [1.29, 1.82) is 0 Å². The molecule has 0 aromatic carbocycles. The maximum atomic E-state index is 12.4. The second kappa shape index (κ2) is 6.04. The molecule has 2 heterocycles. The number of nitrogen functional groups attached to an aromatic ring is 1. The van der Waals surface area contributed by atoms with Crippen LogP contribution in [0, 0.1) is 0 Å². The highest BCUT2D eigenvalue weighted by Crippen LogP contribution is 2.23. The van der Waals surface area contributed by atoms with Crippen molar-refractivity contribution >= 4 is 34.5 Å². The molecule has 4 nitrogen and oxygen atoms in total. The van der Waals surface area contributed by atoms with Crippen LogP contribution in [0.2, 0.25) is 4.34 Å². The maximum absolute atomic E-state index is 12.4. The van der Waals surface area contributed by atoms with Crippen molar-refractivity contribution in [2.75, 3.05) is 12.3 Å². The first-order valence-electron chi connectivity index (χ1n) is 5.85. The average molecular weight is 296 g/mol. The van der Waals surface area contributed by atoms with E-state index >= 15 is 0 Å². The second-order valence-electron chi connectivity index (χ2n) is 3.97. The first-order chi connectivity index (χ1) is 9.11. The molecule has 1 amide bonds. The van der Waals surface area contributed by atoms with Gasteiger partial charge in [-0.05, 0) is 31.2 Å². The standard InChI is InChI=1S/C13H14ClN3OS/c1-2-17(8-9-5-6-11(14)19-9)13(18)12-10(15)4-3-7-16-12/h3-7H,2,8,15H2,1H3. The van der Waals surface area contributed by atoms with Gasteiger partial charge in [0, 0.05) is 17.6 Å². The number of hydrogen-bond acceptors (Lipinski definition) is 4. The van der Waals surface area contributed by atoms with Gasteiger partial charge in [-0.25, -0.2) is 4.98 Å². The number of rotatable bonds is 4. The molecule has 0 radical (unpaired) electrons. The van der Waals surface area contributed by atoms with Gasteiger partial charge in [-0.3, -0.25) is 4.79 Å². The van der Waals surface area contributed by atoms with Crippen molar-refractivity contribution < 1.29 is 4.79 Å². The highest BCUT2D eigenvalue weighted by atomic mass is 35.5. The molecule has 0 unspecified atom stereocenters. The Morgan fingerprint density at radius 1 is 1.47 bits per heavy atom. The lowest BCUT2D eigenvalue weighted by Gasteiger charge is -2.20. The van der Waals surface area contributed by atoms with Crippen LogP contribution in [0.1, 0.15) is 22.3 Å². The van der Waals surface area contributed by atoms with Crippen LogP contribution in [0.5, 0.6) is 0 Å². The normalized spacial score (nSPS) is 10.4. The Morgan fingerprint density at radius 2 is 2.26 bits per heavy atom. The van der Waals surface area contributed by atoms with Crippen LogP contribution >= 0.6 is 22.9 Å². The van der Waals surface area contributed by atoms with Gasteiger partial charge in [0.05, 0.1) is 16.6 Å². The molecule has 0 spiro atoms. The topological polar surface area (TPSA) is 59.2 Å². The van der Waals surface area contributed by atoms with Crippen LogP contribution in [0.4, 0.5) is 5.69 Å². The summed E-state index contributed by atoms with van der Waals surface area (Å²) in [6.07, 6.45) is 1.57. The summed E-state index contributed by atoms with van der Waals surface area (Å²) in [7, 11) is 0. The van der Waals surface area contributed by atoms with Gasteiger partial charge in [-0.15, -0.1) is 11.3 Å². The molecule has 6 heteroatoms. The summed E-state index contributed by atoms with van der Waals surface area (Å²) in [6, 6.07) is 7.14. The molecule has 2 N–H and O–H groups in total. The second-order valence-corrected chi connectivity index (χ2v) is 5.77. The zero-order chi connectivity index (χ0) is 13.8. The summed E-state index contributed by atoms with van der Waals surface area (Å²) in [5, 5.41) is 0. The third-order valence-electron chi connectivity index (χ3n) is 2.69. The number of thiophene rings is 1. The van der Waals surface area contributed by atoms with E-state index in [1.165, 1.54) is 11.3 Å². The summed E-state index contributed by atoms with van der Waals surface area (Å²) >= 11 is 7.36. The summed E-state index contributed by atoms with van der Waals surface area (Å²) < 4.78 is 0.718. The molecular formula is C13H14ClN3OS. The number of carbonyl (C=O) groups is 1. The Hall–Kier alpha value is -1.59. The molecule has 19 heavy (non-hydrogen) atoms. The Balaban J connectivity index is 2.18. The van der Waals surface area contributed by atoms with E-state index in [4.69, 9.17) is 17.3 Å². The Labute approximate surface area is 120 Å². The summed E-state index contributed by atoms with van der Waals surface area (Å²) in [5.41, 5.74) is 6.48. The molecule has 0 fully saturated rings. The molecule has 2 aromatic heterocycles. The molecule has 2 rings (SSSR count). The Morgan fingerprint density at radius 3 is 2.84 bits per heavy atom. The largest absolute Gasteiger partial charge is 0.397 e. The number of nitrogens with two attached hydrogens (primary N) is 1. The average Bonchev–Trinajstić information content (AvgIpc) is 2.81. The van der Waals surface area contributed by atoms with Gasteiger partial charge in [-0.1, -0.05) is 11.6 Å². The van der Waals surface area contributed by atoms with Crippen molar-refractivity contribution in [2.24, 2.45) is 0 Å². The number of aromatic nitrogens is 1. The molecule has 2 aromatic rings. The van der Waals surface area contributed by atoms with Crippen molar-refractivity contribution in [3.63, 3.8) is 0 Å². The SMILES string of the molecule is CCN(Cc1ccc(Cl)s1)C(=O)c1ncccc1N. The fourth-order valence-corrected chi connectivity index (χ4v) is 2.80. The number of anilines is 1. The van der Waals surface area contributed by atoms with Crippen LogP contribution in [0.25, 0.3) is 0 Å². The van der Waals surface area contributed by atoms with E-state index in [-0.39, 0.29) is 5.91 Å². The van der Waals surface area contributed by atoms with E-state index in [1.54, 1.807) is 23.2 Å². The van der Waals surface area contributed by atoms with Crippen molar-refractivity contribution in [3.05, 3.63) is 45.4 Å². The molecule has 0 aliphatic rings. The molecule has 100 valence electrons. The predicted octanol–water partition coefficient (Wildman–Crippen LogP) is 3.04. The minimum Gasteiger partial charge on any atom is -0.397 e. The van der Waals surface area contributed by atoms with Crippen molar-refractivity contribution in [3.8, 4) is 0 Å². The number of carbonyl (C=O) groups excluding carboxylic acids is 1. The van der Waals surface area contributed by atoms with Gasteiger partial charge in [0.15, 0.2) is 5.69 Å². The van der Waals surface area contributed by atoms with Gasteiger partial charge >= 0.3 is 0 Å². The van der Waals surface area contributed by atoms with E-state index in [0.29, 0.717) is 24.5 Å². The van der Waals surface area contributed by atoms with Crippen LogP contribution in [-0.4, -0.2) is 22.3 Å². The number of hydrogen-bond donors (Lipinski definition) is 1. The predicted molar refractivity (Wildman–Crippen MR) is 78.4 cm³/mol. The monoisotopic (exact) mass is 295 g/mol. The molecule has 0 aliphatic heterocycles. The minimum atomic E-state index is -0.162. The number of halogens is 1. The van der Waals surface area contributed by atoms with E-state index < -0.39 is 0 Å². The number of amides is 1. The maximum Gasteiger partial charge on any atom is 0.274 e. The van der Waals surface area contributed by atoms with Crippen LogP contribution in [0.3, 0.4) is 0 Å². The molecule has 0 aliphatic carbocycles. The Kier molecular flexibility index (Phi) is 4.39. The van der Waals surface area contributed by atoms with Gasteiger partial charge in [0.25, 0.3) is 5.91 Å². The fourth-order valence-electron chi connectivity index (χ4n) is 1.70. The Bertz CT molecular complexity index is 585. The van der Waals surface area contributed by atoms with Crippen LogP contribution in [-0.2, 0) is 6.54 Å². The van der Waals surface area contributed by atoms with E-state index in [0.717, 1.165) is 9.21 Å². The van der Waals surface area contributed by atoms with Gasteiger partial charge in [0.2, 0.25) is 0 Å². The van der Waals surface area contributed by atoms with Gasteiger partial charge in [-0.2, -0.15) is 0 Å². The first kappa shape index (κ1) is 13.8. The van der Waals surface area contributed by atoms with Gasteiger partial charge in [0.1, 0.15) is 0 Å². The third-order valence-corrected chi connectivity index (χ3v) is 3.90. The molecule has 0 saturated carbocycles. The fraction of sp³-hybridized carbons (Fsp3) is 0.231. The molecule has 0 bridgehead atoms. The number of pyridine rings is 1. The molecule has 0 atom stereocenters. The van der Waals surface area contributed by atoms with Gasteiger partial charge < -0.3 is 10.6 Å². The van der Waals surface area contributed by atoms with E-state index in [2.05, 4.69) is 4.98 Å². The lowest BCUT2D eigenvalue weighted by Crippen LogP contribution is -2.31. The molecule has 0 saturated heterocycles. The zero-order valence-electron chi connectivity index (χ0n) is 10.5. The molecular weight excluding hydrogens is 282 g/mol. The lowest BCUT2D eigenvalue weighted by molar-refractivity contribution is 0.0749. The quantitative estimate of drug-likeness (QED) is 0.943. The van der Waals surface area contributed by atoms with E-state index in [1.807, 2.05) is 19.1 Å². The smallest absolute Gasteiger partial charge is 0.274 e. The number of nitrogens with zero attached hydrogens (tertiary/aromatic N) is 2. The third kappa shape index (κ3) is 3.24. The highest BCUT2D eigenvalue weighted by Gasteiger charge is 2.18. The van der Waals surface area contributed by atoms with Crippen LogP contribution < -0.4 is 5.73 Å².